The highest BCUT2D eigenvalue weighted by molar-refractivity contribution is 9.10. The lowest BCUT2D eigenvalue weighted by atomic mass is 9.92. The number of aromatic nitrogens is 2. The molecule has 1 aromatic heterocycles. The highest BCUT2D eigenvalue weighted by Crippen LogP contribution is 2.33. The van der Waals surface area contributed by atoms with Crippen molar-refractivity contribution in [3.63, 3.8) is 0 Å². The van der Waals surface area contributed by atoms with Crippen molar-refractivity contribution in [2.24, 2.45) is 0 Å². The van der Waals surface area contributed by atoms with Crippen molar-refractivity contribution in [3.05, 3.63) is 50.3 Å². The van der Waals surface area contributed by atoms with Crippen LogP contribution in [0, 0.1) is 6.92 Å². The topological polar surface area (TPSA) is 64.0 Å². The van der Waals surface area contributed by atoms with Gasteiger partial charge in [0.1, 0.15) is 0 Å². The van der Waals surface area contributed by atoms with Crippen molar-refractivity contribution in [2.75, 3.05) is 11.1 Å². The van der Waals surface area contributed by atoms with Crippen LogP contribution in [-0.4, -0.2) is 21.2 Å². The molecule has 7 heteroatoms. The van der Waals surface area contributed by atoms with Gasteiger partial charge in [0.2, 0.25) is 5.91 Å². The van der Waals surface area contributed by atoms with Gasteiger partial charge in [-0.1, -0.05) is 48.5 Å². The van der Waals surface area contributed by atoms with E-state index in [-0.39, 0.29) is 29.3 Å². The molecular weight excluding hydrogens is 414 g/mol. The van der Waals surface area contributed by atoms with Gasteiger partial charge in [0, 0.05) is 33.8 Å². The van der Waals surface area contributed by atoms with Crippen molar-refractivity contribution in [3.8, 4) is 0 Å². The van der Waals surface area contributed by atoms with E-state index in [0.717, 1.165) is 21.4 Å². The minimum Gasteiger partial charge on any atom is -0.326 e. The maximum absolute atomic E-state index is 12.6. The molecule has 0 saturated heterocycles. The Balaban J connectivity index is 1.77. The van der Waals surface area contributed by atoms with Gasteiger partial charge in [-0.05, 0) is 30.7 Å². The second-order valence-electron chi connectivity index (χ2n) is 7.56. The zero-order valence-corrected chi connectivity index (χ0v) is 17.7. The number of nitrogens with zero attached hydrogens (tertiary/aromatic N) is 2. The Labute approximate surface area is 165 Å². The van der Waals surface area contributed by atoms with Crippen LogP contribution in [0.4, 0.5) is 5.69 Å². The molecule has 0 fully saturated rings. The molecule has 0 saturated carbocycles. The number of hydrogen-bond donors (Lipinski definition) is 1. The molecule has 3 rings (SSSR count). The van der Waals surface area contributed by atoms with Crippen LogP contribution in [0.5, 0.6) is 0 Å². The van der Waals surface area contributed by atoms with Gasteiger partial charge in [0.25, 0.3) is 5.56 Å². The fourth-order valence-electron chi connectivity index (χ4n) is 2.87. The molecule has 5 nitrogen and oxygen atoms in total. The fraction of sp³-hybridized carbons (Fsp3) is 0.421. The second kappa shape index (κ2) is 7.19. The van der Waals surface area contributed by atoms with Crippen LogP contribution in [0.3, 0.4) is 0 Å². The van der Waals surface area contributed by atoms with Gasteiger partial charge < -0.3 is 5.32 Å². The van der Waals surface area contributed by atoms with Crippen molar-refractivity contribution in [1.82, 2.24) is 9.55 Å². The number of amides is 1. The Morgan fingerprint density at radius 2 is 2.12 bits per heavy atom. The number of nitrogens with one attached hydrogen (secondary N) is 1. The van der Waals surface area contributed by atoms with Crippen molar-refractivity contribution >= 4 is 39.3 Å². The van der Waals surface area contributed by atoms with Crippen LogP contribution in [0.1, 0.15) is 44.5 Å². The van der Waals surface area contributed by atoms with Crippen LogP contribution < -0.4 is 10.9 Å². The molecule has 2 aromatic rings. The number of rotatable bonds is 3. The van der Waals surface area contributed by atoms with E-state index in [1.165, 1.54) is 11.8 Å². The van der Waals surface area contributed by atoms with Crippen LogP contribution in [-0.2, 0) is 10.2 Å². The molecule has 1 atom stereocenters. The highest BCUT2D eigenvalue weighted by atomic mass is 79.9. The maximum Gasteiger partial charge on any atom is 0.254 e. The molecule has 1 unspecified atom stereocenters. The molecule has 1 aliphatic rings. The van der Waals surface area contributed by atoms with Crippen LogP contribution in [0.25, 0.3) is 0 Å². The molecule has 0 bridgehead atoms. The van der Waals surface area contributed by atoms with E-state index in [9.17, 15) is 9.59 Å². The van der Waals surface area contributed by atoms with Crippen LogP contribution in [0.2, 0.25) is 0 Å². The average molecular weight is 436 g/mol. The third kappa shape index (κ3) is 4.04. The molecule has 1 aliphatic heterocycles. The lowest BCUT2D eigenvalue weighted by molar-refractivity contribution is -0.116. The van der Waals surface area contributed by atoms with Crippen molar-refractivity contribution in [1.29, 1.82) is 0 Å². The summed E-state index contributed by atoms with van der Waals surface area (Å²) >= 11 is 4.96. The maximum atomic E-state index is 12.6. The lowest BCUT2D eigenvalue weighted by Crippen LogP contribution is -2.29. The smallest absolute Gasteiger partial charge is 0.254 e. The molecular formula is C19H22BrN3O2S. The van der Waals surface area contributed by atoms with E-state index in [4.69, 9.17) is 0 Å². The number of hydrogen-bond acceptors (Lipinski definition) is 4. The molecule has 0 radical (unpaired) electrons. The van der Waals surface area contributed by atoms with E-state index in [2.05, 4.69) is 26.2 Å². The molecule has 2 heterocycles. The van der Waals surface area contributed by atoms with Gasteiger partial charge in [-0.15, -0.1) is 0 Å². The van der Waals surface area contributed by atoms with Gasteiger partial charge >= 0.3 is 0 Å². The number of carbonyl (C=O) groups is 1. The Morgan fingerprint density at radius 3 is 2.77 bits per heavy atom. The highest BCUT2D eigenvalue weighted by Gasteiger charge is 2.29. The SMILES string of the molecule is Cc1cc(Br)ccc1NC(=O)CC1CSc2nc(C(C)(C)C)cc(=O)n21. The molecule has 1 N–H and O–H groups in total. The third-order valence-electron chi connectivity index (χ3n) is 4.34. The van der Waals surface area contributed by atoms with Gasteiger partial charge in [-0.3, -0.25) is 14.2 Å². The normalized spacial score (nSPS) is 16.4. The van der Waals surface area contributed by atoms with Gasteiger partial charge in [-0.2, -0.15) is 0 Å². The first-order chi connectivity index (χ1) is 12.1. The van der Waals surface area contributed by atoms with E-state index >= 15 is 0 Å². The van der Waals surface area contributed by atoms with Crippen molar-refractivity contribution < 1.29 is 4.79 Å². The Hall–Kier alpha value is -1.60. The van der Waals surface area contributed by atoms with E-state index in [0.29, 0.717) is 10.9 Å². The molecule has 138 valence electrons. The van der Waals surface area contributed by atoms with E-state index in [1.807, 2.05) is 45.9 Å². The Bertz CT molecular complexity index is 918. The standard InChI is InChI=1S/C19H22BrN3O2S/c1-11-7-12(20)5-6-14(11)21-16(24)8-13-10-26-18-22-15(19(2,3)4)9-17(25)23(13)18/h5-7,9,13H,8,10H2,1-4H3,(H,21,24). The molecule has 1 amide bonds. The first-order valence-electron chi connectivity index (χ1n) is 8.48. The number of benzene rings is 1. The number of halogens is 1. The number of thioether (sulfide) groups is 1. The first-order valence-corrected chi connectivity index (χ1v) is 10.3. The summed E-state index contributed by atoms with van der Waals surface area (Å²) in [5.41, 5.74) is 2.31. The summed E-state index contributed by atoms with van der Waals surface area (Å²) in [4.78, 5) is 29.7. The molecule has 1 aromatic carbocycles. The zero-order valence-electron chi connectivity index (χ0n) is 15.3. The summed E-state index contributed by atoms with van der Waals surface area (Å²) in [6, 6.07) is 7.15. The predicted molar refractivity (Wildman–Crippen MR) is 109 cm³/mol. The summed E-state index contributed by atoms with van der Waals surface area (Å²) in [5.74, 6) is 0.587. The fourth-order valence-corrected chi connectivity index (χ4v) is 4.50. The summed E-state index contributed by atoms with van der Waals surface area (Å²) in [6.45, 7) is 8.06. The van der Waals surface area contributed by atoms with Gasteiger partial charge in [-0.25, -0.2) is 4.98 Å². The monoisotopic (exact) mass is 435 g/mol. The summed E-state index contributed by atoms with van der Waals surface area (Å²) in [6.07, 6.45) is 0.256. The first kappa shape index (κ1) is 19.2. The minimum atomic E-state index is -0.177. The molecule has 26 heavy (non-hydrogen) atoms. The minimum absolute atomic E-state index is 0.0810. The number of anilines is 1. The number of carbonyl (C=O) groups excluding carboxylic acids is 1. The summed E-state index contributed by atoms with van der Waals surface area (Å²) < 4.78 is 2.63. The van der Waals surface area contributed by atoms with Crippen LogP contribution in [0.15, 0.2) is 38.7 Å². The van der Waals surface area contributed by atoms with Gasteiger partial charge in [0.05, 0.1) is 11.7 Å². The molecule has 0 aliphatic carbocycles. The summed E-state index contributed by atoms with van der Waals surface area (Å²) in [7, 11) is 0. The molecule has 0 spiro atoms. The van der Waals surface area contributed by atoms with Gasteiger partial charge in [0.15, 0.2) is 5.16 Å². The van der Waals surface area contributed by atoms with Crippen molar-refractivity contribution in [2.45, 2.75) is 50.7 Å². The average Bonchev–Trinajstić information content (AvgIpc) is 2.92. The quantitative estimate of drug-likeness (QED) is 0.730. The number of fused-ring (bicyclic) bond motifs is 1. The zero-order chi connectivity index (χ0) is 19.1. The van der Waals surface area contributed by atoms with E-state index < -0.39 is 0 Å². The summed E-state index contributed by atoms with van der Waals surface area (Å²) in [5, 5.41) is 3.65. The Kier molecular flexibility index (Phi) is 5.30. The number of aryl methyl sites for hydroxylation is 1. The third-order valence-corrected chi connectivity index (χ3v) is 5.93. The largest absolute Gasteiger partial charge is 0.326 e. The second-order valence-corrected chi connectivity index (χ2v) is 9.46. The van der Waals surface area contributed by atoms with E-state index in [1.54, 1.807) is 10.6 Å². The lowest BCUT2D eigenvalue weighted by Gasteiger charge is -2.19. The predicted octanol–water partition coefficient (Wildman–Crippen LogP) is 4.29. The van der Waals surface area contributed by atoms with Crippen LogP contribution >= 0.6 is 27.7 Å². The Morgan fingerprint density at radius 1 is 1.38 bits per heavy atom.